The lowest BCUT2D eigenvalue weighted by molar-refractivity contribution is 0.560. The van der Waals surface area contributed by atoms with Crippen LogP contribution in [0.5, 0.6) is 0 Å². The SMILES string of the molecule is CN1c2cc(Br)ccc2S(=O)(=O)CC1CCC#N. The summed E-state index contributed by atoms with van der Waals surface area (Å²) >= 11 is 3.35. The highest BCUT2D eigenvalue weighted by atomic mass is 79.9. The van der Waals surface area contributed by atoms with Crippen molar-refractivity contribution in [3.8, 4) is 6.07 Å². The van der Waals surface area contributed by atoms with Gasteiger partial charge in [-0.05, 0) is 24.6 Å². The highest BCUT2D eigenvalue weighted by Crippen LogP contribution is 2.35. The van der Waals surface area contributed by atoms with Crippen LogP contribution in [0.4, 0.5) is 5.69 Å². The number of rotatable bonds is 2. The van der Waals surface area contributed by atoms with E-state index in [1.165, 1.54) is 0 Å². The van der Waals surface area contributed by atoms with Crippen LogP contribution >= 0.6 is 15.9 Å². The van der Waals surface area contributed by atoms with Crippen LogP contribution in [0.15, 0.2) is 27.6 Å². The molecule has 0 N–H and O–H groups in total. The fourth-order valence-electron chi connectivity index (χ4n) is 2.19. The average Bonchev–Trinajstić information content (AvgIpc) is 2.31. The van der Waals surface area contributed by atoms with Gasteiger partial charge in [-0.1, -0.05) is 15.9 Å². The van der Waals surface area contributed by atoms with Gasteiger partial charge in [0, 0.05) is 24.0 Å². The maximum Gasteiger partial charge on any atom is 0.182 e. The molecule has 96 valence electrons. The second-order valence-corrected chi connectivity index (χ2v) is 7.27. The van der Waals surface area contributed by atoms with Crippen LogP contribution in [0.3, 0.4) is 0 Å². The predicted molar refractivity (Wildman–Crippen MR) is 73.2 cm³/mol. The van der Waals surface area contributed by atoms with Gasteiger partial charge in [-0.15, -0.1) is 0 Å². The van der Waals surface area contributed by atoms with Crippen LogP contribution in [0, 0.1) is 11.3 Å². The number of hydrogen-bond acceptors (Lipinski definition) is 4. The summed E-state index contributed by atoms with van der Waals surface area (Å²) in [5.74, 6) is 0.0831. The largest absolute Gasteiger partial charge is 0.369 e. The van der Waals surface area contributed by atoms with Gasteiger partial charge in [0.15, 0.2) is 9.84 Å². The van der Waals surface area contributed by atoms with Gasteiger partial charge in [0.25, 0.3) is 0 Å². The molecule has 1 aromatic carbocycles. The number of hydrogen-bond donors (Lipinski definition) is 0. The van der Waals surface area contributed by atoms with E-state index in [0.29, 0.717) is 23.4 Å². The molecule has 0 bridgehead atoms. The van der Waals surface area contributed by atoms with Gasteiger partial charge in [0.2, 0.25) is 0 Å². The van der Waals surface area contributed by atoms with E-state index in [1.807, 2.05) is 18.0 Å². The minimum absolute atomic E-state index is 0.0831. The Morgan fingerprint density at radius 1 is 1.56 bits per heavy atom. The van der Waals surface area contributed by atoms with Crippen molar-refractivity contribution in [1.82, 2.24) is 0 Å². The molecular weight excluding hydrogens is 316 g/mol. The molecule has 1 heterocycles. The number of halogens is 1. The summed E-state index contributed by atoms with van der Waals surface area (Å²) in [6.45, 7) is 0. The molecule has 2 rings (SSSR count). The average molecular weight is 329 g/mol. The monoisotopic (exact) mass is 328 g/mol. The van der Waals surface area contributed by atoms with Crippen molar-refractivity contribution in [1.29, 1.82) is 5.26 Å². The number of nitrogens with zero attached hydrogens (tertiary/aromatic N) is 2. The molecule has 0 saturated carbocycles. The molecule has 0 saturated heterocycles. The summed E-state index contributed by atoms with van der Waals surface area (Å²) < 4.78 is 25.2. The summed E-state index contributed by atoms with van der Waals surface area (Å²) in [6.07, 6.45) is 0.937. The summed E-state index contributed by atoms with van der Waals surface area (Å²) in [7, 11) is -1.37. The van der Waals surface area contributed by atoms with Crippen LogP contribution in [-0.2, 0) is 9.84 Å². The van der Waals surface area contributed by atoms with E-state index in [0.717, 1.165) is 4.47 Å². The van der Waals surface area contributed by atoms with Gasteiger partial charge in [0.05, 0.1) is 22.4 Å². The van der Waals surface area contributed by atoms with Crippen LogP contribution in [0.1, 0.15) is 12.8 Å². The lowest BCUT2D eigenvalue weighted by atomic mass is 10.1. The van der Waals surface area contributed by atoms with E-state index in [-0.39, 0.29) is 11.8 Å². The Balaban J connectivity index is 2.46. The molecule has 1 aromatic rings. The maximum atomic E-state index is 12.2. The summed E-state index contributed by atoms with van der Waals surface area (Å²) in [6, 6.07) is 7.12. The van der Waals surface area contributed by atoms with E-state index in [2.05, 4.69) is 22.0 Å². The minimum atomic E-state index is -3.24. The van der Waals surface area contributed by atoms with Crippen molar-refractivity contribution in [3.63, 3.8) is 0 Å². The van der Waals surface area contributed by atoms with Gasteiger partial charge in [0.1, 0.15) is 0 Å². The molecule has 0 aromatic heterocycles. The van der Waals surface area contributed by atoms with Gasteiger partial charge in [-0.2, -0.15) is 5.26 Å². The third-order valence-corrected chi connectivity index (χ3v) is 5.52. The van der Waals surface area contributed by atoms with Crippen LogP contribution in [0.2, 0.25) is 0 Å². The molecule has 6 heteroatoms. The van der Waals surface area contributed by atoms with E-state index in [9.17, 15) is 8.42 Å². The molecule has 4 nitrogen and oxygen atoms in total. The van der Waals surface area contributed by atoms with Crippen LogP contribution in [0.25, 0.3) is 0 Å². The lowest BCUT2D eigenvalue weighted by Gasteiger charge is -2.35. The first kappa shape index (κ1) is 13.4. The van der Waals surface area contributed by atoms with E-state index < -0.39 is 9.84 Å². The first-order valence-corrected chi connectivity index (χ1v) is 8.02. The molecule has 0 aliphatic carbocycles. The molecular formula is C12H13BrN2O2S. The molecule has 0 amide bonds. The Labute approximate surface area is 115 Å². The smallest absolute Gasteiger partial charge is 0.182 e. The summed E-state index contributed by atoms with van der Waals surface area (Å²) in [4.78, 5) is 2.33. The summed E-state index contributed by atoms with van der Waals surface area (Å²) in [5, 5.41) is 8.63. The first-order chi connectivity index (χ1) is 8.45. The normalized spacial score (nSPS) is 21.2. The van der Waals surface area contributed by atoms with Crippen LogP contribution in [-0.4, -0.2) is 27.3 Å². The summed E-state index contributed by atoms with van der Waals surface area (Å²) in [5.41, 5.74) is 0.707. The Bertz CT molecular complexity index is 607. The Morgan fingerprint density at radius 3 is 2.94 bits per heavy atom. The lowest BCUT2D eigenvalue weighted by Crippen LogP contribution is -2.42. The number of sulfone groups is 1. The highest BCUT2D eigenvalue weighted by Gasteiger charge is 2.33. The second kappa shape index (κ2) is 4.90. The number of benzene rings is 1. The number of nitriles is 1. The van der Waals surface area contributed by atoms with Crippen molar-refractivity contribution in [3.05, 3.63) is 22.7 Å². The zero-order valence-corrected chi connectivity index (χ0v) is 12.3. The van der Waals surface area contributed by atoms with Crippen molar-refractivity contribution >= 4 is 31.5 Å². The molecule has 1 atom stereocenters. The Hall–Kier alpha value is -1.06. The molecule has 1 unspecified atom stereocenters. The first-order valence-electron chi connectivity index (χ1n) is 5.58. The van der Waals surface area contributed by atoms with Gasteiger partial charge >= 0.3 is 0 Å². The Morgan fingerprint density at radius 2 is 2.28 bits per heavy atom. The fourth-order valence-corrected chi connectivity index (χ4v) is 4.41. The fraction of sp³-hybridized carbons (Fsp3) is 0.417. The highest BCUT2D eigenvalue weighted by molar-refractivity contribution is 9.10. The standard InChI is InChI=1S/C12H13BrN2O2S/c1-15-10(3-2-6-14)8-18(16,17)12-5-4-9(13)7-11(12)15/h4-5,7,10H,2-3,8H2,1H3. The molecule has 0 spiro atoms. The quantitative estimate of drug-likeness (QED) is 0.836. The number of anilines is 1. The molecule has 18 heavy (non-hydrogen) atoms. The molecule has 0 radical (unpaired) electrons. The zero-order chi connectivity index (χ0) is 13.3. The zero-order valence-electron chi connectivity index (χ0n) is 9.93. The van der Waals surface area contributed by atoms with Crippen molar-refractivity contribution in [2.24, 2.45) is 0 Å². The van der Waals surface area contributed by atoms with Crippen molar-refractivity contribution < 1.29 is 8.42 Å². The maximum absolute atomic E-state index is 12.2. The van der Waals surface area contributed by atoms with Crippen molar-refractivity contribution in [2.45, 2.75) is 23.8 Å². The van der Waals surface area contributed by atoms with Crippen molar-refractivity contribution in [2.75, 3.05) is 17.7 Å². The second-order valence-electron chi connectivity index (χ2n) is 4.35. The minimum Gasteiger partial charge on any atom is -0.369 e. The molecule has 0 fully saturated rings. The Kier molecular flexibility index (Phi) is 3.64. The third kappa shape index (κ3) is 2.38. The van der Waals surface area contributed by atoms with Gasteiger partial charge < -0.3 is 4.90 Å². The predicted octanol–water partition coefficient (Wildman–Crippen LogP) is 2.34. The molecule has 1 aliphatic heterocycles. The van der Waals surface area contributed by atoms with E-state index in [1.54, 1.807) is 12.1 Å². The van der Waals surface area contributed by atoms with Gasteiger partial charge in [-0.3, -0.25) is 0 Å². The molecule has 1 aliphatic rings. The van der Waals surface area contributed by atoms with Crippen LogP contribution < -0.4 is 4.90 Å². The third-order valence-electron chi connectivity index (χ3n) is 3.18. The van der Waals surface area contributed by atoms with Gasteiger partial charge in [-0.25, -0.2) is 8.42 Å². The van der Waals surface area contributed by atoms with E-state index in [4.69, 9.17) is 5.26 Å². The topological polar surface area (TPSA) is 61.2 Å². The number of fused-ring (bicyclic) bond motifs is 1. The van der Waals surface area contributed by atoms with E-state index >= 15 is 0 Å².